The Kier molecular flexibility index (Phi) is 5.41. The van der Waals surface area contributed by atoms with Gasteiger partial charge in [-0.15, -0.1) is 0 Å². The van der Waals surface area contributed by atoms with Gasteiger partial charge in [-0.3, -0.25) is 19.2 Å². The van der Waals surface area contributed by atoms with E-state index in [-0.39, 0.29) is 24.0 Å². The number of furan rings is 1. The number of ketones is 1. The van der Waals surface area contributed by atoms with Crippen LogP contribution >= 0.6 is 0 Å². The van der Waals surface area contributed by atoms with Crippen molar-refractivity contribution in [2.45, 2.75) is 110 Å². The average molecular weight is 543 g/mol. The molecular weight excluding hydrogens is 504 g/mol. The first-order valence-corrected chi connectivity index (χ1v) is 13.9. The summed E-state index contributed by atoms with van der Waals surface area (Å²) in [6.07, 6.45) is 2.88. The average Bonchev–Trinajstić information content (AvgIpc) is 3.32. The summed E-state index contributed by atoms with van der Waals surface area (Å²) in [7, 11) is 0. The number of hydrogen-bond acceptors (Lipinski definition) is 9. The Morgan fingerprint density at radius 1 is 0.974 bits per heavy atom. The molecule has 39 heavy (non-hydrogen) atoms. The molecule has 0 N–H and O–H groups in total. The third kappa shape index (κ3) is 3.11. The molecule has 0 aromatic carbocycles. The monoisotopic (exact) mass is 542 g/mol. The van der Waals surface area contributed by atoms with Crippen molar-refractivity contribution in [2.75, 3.05) is 0 Å². The molecule has 9 nitrogen and oxygen atoms in total. The van der Waals surface area contributed by atoms with Crippen molar-refractivity contribution in [2.24, 2.45) is 28.1 Å². The van der Waals surface area contributed by atoms with E-state index in [1.807, 2.05) is 19.9 Å². The number of epoxide rings is 1. The van der Waals surface area contributed by atoms with Crippen LogP contribution in [0.1, 0.15) is 85.6 Å². The predicted octanol–water partition coefficient (Wildman–Crippen LogP) is 4.12. The molecule has 1 spiro atoms. The molecule has 3 heterocycles. The van der Waals surface area contributed by atoms with Crippen molar-refractivity contribution in [1.82, 2.24) is 0 Å². The molecule has 2 saturated heterocycles. The van der Waals surface area contributed by atoms with Crippen LogP contribution in [0.15, 0.2) is 23.0 Å². The van der Waals surface area contributed by atoms with Gasteiger partial charge >= 0.3 is 17.9 Å². The second kappa shape index (κ2) is 7.95. The highest BCUT2D eigenvalue weighted by atomic mass is 16.6. The van der Waals surface area contributed by atoms with Gasteiger partial charge in [0.2, 0.25) is 0 Å². The summed E-state index contributed by atoms with van der Waals surface area (Å²) in [6.45, 7) is 12.8. The number of ether oxygens (including phenoxy) is 4. The van der Waals surface area contributed by atoms with E-state index in [9.17, 15) is 19.2 Å². The fourth-order valence-electron chi connectivity index (χ4n) is 10.2. The van der Waals surface area contributed by atoms with E-state index in [0.29, 0.717) is 19.3 Å². The van der Waals surface area contributed by atoms with Gasteiger partial charge in [0.25, 0.3) is 0 Å². The highest BCUT2D eigenvalue weighted by Gasteiger charge is 2.90. The predicted molar refractivity (Wildman–Crippen MR) is 135 cm³/mol. The molecule has 10 atom stereocenters. The Balaban J connectivity index is 1.56. The molecule has 1 aromatic heterocycles. The Labute approximate surface area is 228 Å². The summed E-state index contributed by atoms with van der Waals surface area (Å²) < 4.78 is 30.0. The number of fused-ring (bicyclic) bond motifs is 3. The Morgan fingerprint density at radius 3 is 2.26 bits per heavy atom. The first-order chi connectivity index (χ1) is 18.1. The van der Waals surface area contributed by atoms with Crippen LogP contribution < -0.4 is 0 Å². The summed E-state index contributed by atoms with van der Waals surface area (Å²) in [6, 6.07) is 1.84. The van der Waals surface area contributed by atoms with Gasteiger partial charge in [0.05, 0.1) is 24.9 Å². The molecular formula is C30H38O9. The normalized spacial score (nSPS) is 47.5. The van der Waals surface area contributed by atoms with Crippen LogP contribution in [0.5, 0.6) is 0 Å². The lowest BCUT2D eigenvalue weighted by Crippen LogP contribution is -2.72. The van der Waals surface area contributed by atoms with Crippen LogP contribution in [0.2, 0.25) is 0 Å². The van der Waals surface area contributed by atoms with E-state index in [2.05, 4.69) is 20.8 Å². The smallest absolute Gasteiger partial charge is 0.310 e. The van der Waals surface area contributed by atoms with E-state index in [0.717, 1.165) is 5.56 Å². The zero-order valence-electron chi connectivity index (χ0n) is 23.7. The third-order valence-electron chi connectivity index (χ3n) is 11.5. The lowest BCUT2D eigenvalue weighted by molar-refractivity contribution is -0.264. The lowest BCUT2D eigenvalue weighted by Gasteiger charge is -2.67. The molecule has 5 fully saturated rings. The Hall–Kier alpha value is -2.68. The van der Waals surface area contributed by atoms with Gasteiger partial charge in [0.15, 0.2) is 5.78 Å². The van der Waals surface area contributed by atoms with Gasteiger partial charge in [-0.25, -0.2) is 0 Å². The molecule has 3 saturated carbocycles. The molecule has 0 bridgehead atoms. The largest absolute Gasteiger partial charge is 0.472 e. The number of carbonyl (C=O) groups is 4. The van der Waals surface area contributed by atoms with Gasteiger partial charge in [-0.2, -0.15) is 0 Å². The number of hydrogen-bond donors (Lipinski definition) is 0. The molecule has 9 heteroatoms. The van der Waals surface area contributed by atoms with E-state index in [4.69, 9.17) is 23.4 Å². The number of esters is 3. The summed E-state index contributed by atoms with van der Waals surface area (Å²) in [4.78, 5) is 51.9. The van der Waals surface area contributed by atoms with Crippen LogP contribution in [0.4, 0.5) is 0 Å². The summed E-state index contributed by atoms with van der Waals surface area (Å²) in [5, 5.41) is 0. The first-order valence-electron chi connectivity index (χ1n) is 13.9. The highest BCUT2D eigenvalue weighted by molar-refractivity contribution is 5.98. The maximum absolute atomic E-state index is 13.9. The molecule has 212 valence electrons. The highest BCUT2D eigenvalue weighted by Crippen LogP contribution is 2.81. The minimum absolute atomic E-state index is 0.0193. The fraction of sp³-hybridized carbons (Fsp3) is 0.733. The quantitative estimate of drug-likeness (QED) is 0.315. The molecule has 6 rings (SSSR count). The summed E-state index contributed by atoms with van der Waals surface area (Å²) in [5.74, 6) is -2.19. The van der Waals surface area contributed by atoms with Crippen LogP contribution in [0.3, 0.4) is 0 Å². The molecule has 1 aromatic rings. The minimum Gasteiger partial charge on any atom is -0.472 e. The van der Waals surface area contributed by atoms with Crippen LogP contribution in [-0.4, -0.2) is 53.2 Å². The van der Waals surface area contributed by atoms with Gasteiger partial charge in [-0.1, -0.05) is 20.8 Å². The number of rotatable bonds is 3. The zero-order chi connectivity index (χ0) is 28.3. The SMILES string of the molecule is CC(=O)OC1CC(=O)OC(C)(C)C2CC(OC(C)=O)C3(C)C(CCC4(C)C(c5ccoc5)C(=O)C5OC543)C12C. The number of cyclic esters (lactones) is 1. The van der Waals surface area contributed by atoms with Crippen molar-refractivity contribution in [3.8, 4) is 0 Å². The van der Waals surface area contributed by atoms with Crippen LogP contribution in [-0.2, 0) is 38.1 Å². The number of Topliss-reactive ketones (excluding diaryl/α,β-unsaturated/α-hetero) is 1. The Bertz CT molecular complexity index is 1250. The standard InChI is InChI=1S/C30H38O9/c1-15(31)36-20-13-22(33)38-26(3,4)19-12-21(37-16(2)32)29(7)18(28(19,20)6)8-10-27(5)23(17-9-11-35-14-17)24(34)25-30(27,29)39-25/h9,11,14,18-21,23,25H,8,10,12-13H2,1-7H3. The zero-order valence-corrected chi connectivity index (χ0v) is 23.7. The van der Waals surface area contributed by atoms with Crippen molar-refractivity contribution >= 4 is 23.7 Å². The molecule has 2 aliphatic heterocycles. The maximum Gasteiger partial charge on any atom is 0.310 e. The van der Waals surface area contributed by atoms with Crippen molar-refractivity contribution < 1.29 is 42.5 Å². The van der Waals surface area contributed by atoms with E-state index < -0.39 is 69.6 Å². The molecule has 0 radical (unpaired) electrons. The molecule has 5 aliphatic rings. The Morgan fingerprint density at radius 2 is 1.64 bits per heavy atom. The van der Waals surface area contributed by atoms with Gasteiger partial charge in [0.1, 0.15) is 29.5 Å². The first kappa shape index (κ1) is 26.5. The van der Waals surface area contributed by atoms with Crippen LogP contribution in [0, 0.1) is 28.1 Å². The minimum atomic E-state index is -0.909. The van der Waals surface area contributed by atoms with Gasteiger partial charge in [0, 0.05) is 41.6 Å². The van der Waals surface area contributed by atoms with Crippen LogP contribution in [0.25, 0.3) is 0 Å². The second-order valence-corrected chi connectivity index (χ2v) is 13.5. The maximum atomic E-state index is 13.9. The van der Waals surface area contributed by atoms with Gasteiger partial charge < -0.3 is 23.4 Å². The molecule has 10 unspecified atom stereocenters. The molecule has 3 aliphatic carbocycles. The fourth-order valence-corrected chi connectivity index (χ4v) is 10.2. The molecule has 0 amide bonds. The van der Waals surface area contributed by atoms with E-state index in [1.54, 1.807) is 12.5 Å². The van der Waals surface area contributed by atoms with Gasteiger partial charge in [-0.05, 0) is 45.1 Å². The summed E-state index contributed by atoms with van der Waals surface area (Å²) >= 11 is 0. The lowest BCUT2D eigenvalue weighted by atomic mass is 9.37. The third-order valence-corrected chi connectivity index (χ3v) is 11.5. The second-order valence-electron chi connectivity index (χ2n) is 13.5. The van der Waals surface area contributed by atoms with Crippen molar-refractivity contribution in [3.05, 3.63) is 24.2 Å². The summed E-state index contributed by atoms with van der Waals surface area (Å²) in [5.41, 5.74) is -3.08. The van der Waals surface area contributed by atoms with Crippen molar-refractivity contribution in [3.63, 3.8) is 0 Å². The topological polar surface area (TPSA) is 122 Å². The van der Waals surface area contributed by atoms with E-state index in [1.165, 1.54) is 13.8 Å². The van der Waals surface area contributed by atoms with Crippen molar-refractivity contribution in [1.29, 1.82) is 0 Å². The number of carbonyl (C=O) groups excluding carboxylic acids is 4. The van der Waals surface area contributed by atoms with E-state index >= 15 is 0 Å².